The number of para-hydroxylation sites is 2. The number of oxazole rings is 1. The van der Waals surface area contributed by atoms with Crippen LogP contribution in [0.3, 0.4) is 0 Å². The van der Waals surface area contributed by atoms with Crippen LogP contribution < -0.4 is 5.76 Å². The third-order valence-electron chi connectivity index (χ3n) is 4.49. The molecule has 0 atom stereocenters. The number of carbonyl (C=O) groups excluding carboxylic acids is 2. The lowest BCUT2D eigenvalue weighted by Crippen LogP contribution is -2.24. The first-order valence-electron chi connectivity index (χ1n) is 8.92. The van der Waals surface area contributed by atoms with Gasteiger partial charge in [0, 0.05) is 5.56 Å². The van der Waals surface area contributed by atoms with Gasteiger partial charge in [-0.3, -0.25) is 14.2 Å². The largest absolute Gasteiger partial charge is 0.456 e. The molecule has 0 radical (unpaired) electrons. The number of ether oxygens (including phenoxy) is 1. The Morgan fingerprint density at radius 3 is 2.59 bits per heavy atom. The number of aryl methyl sites for hydroxylation is 2. The Labute approximate surface area is 156 Å². The van der Waals surface area contributed by atoms with Crippen molar-refractivity contribution < 1.29 is 18.7 Å². The second kappa shape index (κ2) is 8.03. The van der Waals surface area contributed by atoms with Gasteiger partial charge in [0.2, 0.25) is 5.78 Å². The summed E-state index contributed by atoms with van der Waals surface area (Å²) in [6.45, 7) is 3.32. The molecule has 0 saturated carbocycles. The van der Waals surface area contributed by atoms with E-state index in [1.165, 1.54) is 4.57 Å². The van der Waals surface area contributed by atoms with Crippen LogP contribution in [-0.4, -0.2) is 22.9 Å². The molecule has 0 aliphatic rings. The fourth-order valence-corrected chi connectivity index (χ4v) is 2.97. The molecule has 3 rings (SSSR count). The first-order valence-corrected chi connectivity index (χ1v) is 8.92. The van der Waals surface area contributed by atoms with Gasteiger partial charge in [0.25, 0.3) is 0 Å². The minimum absolute atomic E-state index is 0.250. The fraction of sp³-hybridized carbons (Fsp3) is 0.286. The quantitative estimate of drug-likeness (QED) is 0.473. The molecular weight excluding hydrogens is 346 g/mol. The number of Topliss-reactive ketones (excluding diaryl/α,β-unsaturated/α-hetero) is 1. The number of hydrogen-bond acceptors (Lipinski definition) is 5. The van der Waals surface area contributed by atoms with E-state index in [1.54, 1.807) is 24.3 Å². The van der Waals surface area contributed by atoms with Crippen molar-refractivity contribution in [3.63, 3.8) is 0 Å². The van der Waals surface area contributed by atoms with Gasteiger partial charge >= 0.3 is 11.7 Å². The van der Waals surface area contributed by atoms with Crippen LogP contribution in [0.1, 0.15) is 35.3 Å². The van der Waals surface area contributed by atoms with Gasteiger partial charge in [0.1, 0.15) is 6.54 Å². The van der Waals surface area contributed by atoms with Crippen LogP contribution in [0.4, 0.5) is 0 Å². The lowest BCUT2D eigenvalue weighted by Gasteiger charge is -2.10. The summed E-state index contributed by atoms with van der Waals surface area (Å²) in [4.78, 5) is 36.6. The summed E-state index contributed by atoms with van der Waals surface area (Å²) in [5.74, 6) is -1.55. The number of rotatable bonds is 7. The molecule has 0 aliphatic heterocycles. The number of esters is 1. The highest BCUT2D eigenvalue weighted by Crippen LogP contribution is 2.15. The smallest absolute Gasteiger partial charge is 0.420 e. The summed E-state index contributed by atoms with van der Waals surface area (Å²) in [6, 6.07) is 12.6. The summed E-state index contributed by atoms with van der Waals surface area (Å²) in [5, 5.41) is 0. The minimum Gasteiger partial charge on any atom is -0.456 e. The Morgan fingerprint density at radius 2 is 1.85 bits per heavy atom. The average molecular weight is 367 g/mol. The summed E-state index contributed by atoms with van der Waals surface area (Å²) < 4.78 is 11.4. The predicted octanol–water partition coefficient (Wildman–Crippen LogP) is 3.15. The molecule has 6 nitrogen and oxygen atoms in total. The van der Waals surface area contributed by atoms with E-state index in [0.29, 0.717) is 16.7 Å². The molecule has 27 heavy (non-hydrogen) atoms. The second-order valence-corrected chi connectivity index (χ2v) is 6.20. The van der Waals surface area contributed by atoms with Crippen LogP contribution in [0.2, 0.25) is 0 Å². The van der Waals surface area contributed by atoms with Gasteiger partial charge in [0.15, 0.2) is 12.2 Å². The predicted molar refractivity (Wildman–Crippen MR) is 101 cm³/mol. The summed E-state index contributed by atoms with van der Waals surface area (Å²) in [7, 11) is 0. The molecule has 0 amide bonds. The molecule has 1 aromatic heterocycles. The fourth-order valence-electron chi connectivity index (χ4n) is 2.97. The average Bonchev–Trinajstić information content (AvgIpc) is 3.00. The van der Waals surface area contributed by atoms with Gasteiger partial charge in [0.05, 0.1) is 5.52 Å². The van der Waals surface area contributed by atoms with Crippen molar-refractivity contribution in [2.75, 3.05) is 6.61 Å². The van der Waals surface area contributed by atoms with Gasteiger partial charge in [-0.1, -0.05) is 38.1 Å². The van der Waals surface area contributed by atoms with Crippen molar-refractivity contribution in [1.82, 2.24) is 4.57 Å². The van der Waals surface area contributed by atoms with E-state index >= 15 is 0 Å². The minimum atomic E-state index is -0.665. The zero-order chi connectivity index (χ0) is 19.4. The number of ketones is 1. The van der Waals surface area contributed by atoms with Gasteiger partial charge in [-0.05, 0) is 42.2 Å². The molecule has 0 spiro atoms. The van der Waals surface area contributed by atoms with Crippen molar-refractivity contribution >= 4 is 22.9 Å². The van der Waals surface area contributed by atoms with Crippen LogP contribution in [-0.2, 0) is 28.9 Å². The van der Waals surface area contributed by atoms with Crippen LogP contribution in [0.15, 0.2) is 51.7 Å². The van der Waals surface area contributed by atoms with E-state index in [1.807, 2.05) is 32.0 Å². The highest BCUT2D eigenvalue weighted by atomic mass is 16.5. The number of hydrogen-bond donors (Lipinski definition) is 0. The molecule has 0 N–H and O–H groups in total. The number of fused-ring (bicyclic) bond motifs is 1. The monoisotopic (exact) mass is 367 g/mol. The van der Waals surface area contributed by atoms with E-state index in [0.717, 1.165) is 24.0 Å². The molecule has 0 bridgehead atoms. The molecule has 6 heteroatoms. The molecule has 3 aromatic rings. The molecule has 0 fully saturated rings. The standard InChI is InChI=1S/C21H21NO5/c1-3-14-9-10-15(4-2)16(11-14)18(23)13-26-20(24)12-22-17-7-5-6-8-19(17)27-21(22)25/h5-11H,3-4,12-13H2,1-2H3. The number of carbonyl (C=O) groups is 2. The Morgan fingerprint density at radius 1 is 1.07 bits per heavy atom. The van der Waals surface area contributed by atoms with E-state index < -0.39 is 11.7 Å². The van der Waals surface area contributed by atoms with E-state index in [2.05, 4.69) is 0 Å². The highest BCUT2D eigenvalue weighted by Gasteiger charge is 2.16. The van der Waals surface area contributed by atoms with Gasteiger partial charge in [-0.25, -0.2) is 4.79 Å². The van der Waals surface area contributed by atoms with Crippen LogP contribution >= 0.6 is 0 Å². The summed E-state index contributed by atoms with van der Waals surface area (Å²) in [6.07, 6.45) is 1.54. The number of benzene rings is 2. The zero-order valence-electron chi connectivity index (χ0n) is 15.4. The topological polar surface area (TPSA) is 78.5 Å². The summed E-state index contributed by atoms with van der Waals surface area (Å²) in [5.41, 5.74) is 3.46. The third kappa shape index (κ3) is 4.00. The Kier molecular flexibility index (Phi) is 5.54. The Bertz CT molecular complexity index is 1040. The SMILES string of the molecule is CCc1ccc(CC)c(C(=O)COC(=O)Cn2c(=O)oc3ccccc32)c1. The first-order chi connectivity index (χ1) is 13.0. The van der Waals surface area contributed by atoms with E-state index in [4.69, 9.17) is 9.15 Å². The van der Waals surface area contributed by atoms with Crippen molar-refractivity contribution in [2.45, 2.75) is 33.2 Å². The lowest BCUT2D eigenvalue weighted by molar-refractivity contribution is -0.143. The Balaban J connectivity index is 1.70. The third-order valence-corrected chi connectivity index (χ3v) is 4.49. The van der Waals surface area contributed by atoms with Crippen LogP contribution in [0, 0.1) is 0 Å². The van der Waals surface area contributed by atoms with Gasteiger partial charge < -0.3 is 9.15 Å². The molecular formula is C21H21NO5. The maximum Gasteiger partial charge on any atom is 0.420 e. The maximum absolute atomic E-state index is 12.5. The maximum atomic E-state index is 12.5. The Hall–Kier alpha value is -3.15. The molecule has 0 aliphatic carbocycles. The molecule has 0 unspecified atom stereocenters. The van der Waals surface area contributed by atoms with E-state index in [9.17, 15) is 14.4 Å². The molecule has 140 valence electrons. The molecule has 1 heterocycles. The van der Waals surface area contributed by atoms with E-state index in [-0.39, 0.29) is 18.9 Å². The van der Waals surface area contributed by atoms with Crippen LogP contribution in [0.5, 0.6) is 0 Å². The normalized spacial score (nSPS) is 10.9. The van der Waals surface area contributed by atoms with Gasteiger partial charge in [-0.2, -0.15) is 0 Å². The summed E-state index contributed by atoms with van der Waals surface area (Å²) >= 11 is 0. The molecule has 2 aromatic carbocycles. The molecule has 0 saturated heterocycles. The number of nitrogens with zero attached hydrogens (tertiary/aromatic N) is 1. The second-order valence-electron chi connectivity index (χ2n) is 6.20. The van der Waals surface area contributed by atoms with Gasteiger partial charge in [-0.15, -0.1) is 0 Å². The van der Waals surface area contributed by atoms with Crippen molar-refractivity contribution in [3.05, 3.63) is 69.7 Å². The zero-order valence-corrected chi connectivity index (χ0v) is 15.4. The van der Waals surface area contributed by atoms with Crippen molar-refractivity contribution in [2.24, 2.45) is 0 Å². The number of aromatic nitrogens is 1. The van der Waals surface area contributed by atoms with Crippen molar-refractivity contribution in [1.29, 1.82) is 0 Å². The lowest BCUT2D eigenvalue weighted by atomic mass is 9.98. The highest BCUT2D eigenvalue weighted by molar-refractivity contribution is 5.99. The van der Waals surface area contributed by atoms with Crippen molar-refractivity contribution in [3.8, 4) is 0 Å². The first kappa shape index (κ1) is 18.6. The van der Waals surface area contributed by atoms with Crippen LogP contribution in [0.25, 0.3) is 11.1 Å².